The number of hydrogen-bond acceptors (Lipinski definition) is 11. The van der Waals surface area contributed by atoms with Gasteiger partial charge in [-0.25, -0.2) is 19.9 Å². The van der Waals surface area contributed by atoms with Gasteiger partial charge in [0.05, 0.1) is 14.2 Å². The summed E-state index contributed by atoms with van der Waals surface area (Å²) in [4.78, 5) is 20.7. The van der Waals surface area contributed by atoms with Crippen LogP contribution >= 0.6 is 9.12 Å². The standard InChI is InChI=1S/C17H16F3N3O4S.C17H19N3O.BH3P/c1-26-16-21-10-13(11-22-16)12-3-2-4-14(9-12)23-7-5-15(6-8-23)27-28(24,25)17(18,19)20;1-13-6-8-20(9-7-13)16-5-3-4-14(10-16)15-11-18-17(21-2)19-12-15;1-2/h2-5,9-11H,6-8H2,1H3;3-6,10-12H,7-9H2,1-2H3;1H,2H2/i;;1D. The van der Waals surface area contributed by atoms with Gasteiger partial charge in [-0.15, -0.1) is 0 Å². The third-order valence-corrected chi connectivity index (χ3v) is 8.82. The van der Waals surface area contributed by atoms with Gasteiger partial charge in [0.1, 0.15) is 13.3 Å². The van der Waals surface area contributed by atoms with Gasteiger partial charge >= 0.3 is 27.6 Å². The summed E-state index contributed by atoms with van der Waals surface area (Å²) < 4.78 is 79.6. The predicted octanol–water partition coefficient (Wildman–Crippen LogP) is 6.10. The second-order valence-electron chi connectivity index (χ2n) is 11.1. The first kappa shape index (κ1) is 37.6. The van der Waals surface area contributed by atoms with Crippen molar-refractivity contribution < 1.29 is 35.2 Å². The quantitative estimate of drug-likeness (QED) is 0.0686. The lowest BCUT2D eigenvalue weighted by atomic mass is 10.1. The minimum Gasteiger partial charge on any atom is -0.467 e. The molecule has 0 saturated carbocycles. The molecule has 4 aromatic rings. The summed E-state index contributed by atoms with van der Waals surface area (Å²) in [6, 6.07) is 16.6. The Hall–Kier alpha value is -4.69. The van der Waals surface area contributed by atoms with Crippen molar-refractivity contribution in [2.24, 2.45) is 0 Å². The minimum absolute atomic E-state index is 0.0329. The van der Waals surface area contributed by atoms with Crippen molar-refractivity contribution in [3.8, 4) is 34.3 Å². The van der Waals surface area contributed by atoms with Gasteiger partial charge in [-0.2, -0.15) is 30.7 Å². The van der Waals surface area contributed by atoms with Crippen molar-refractivity contribution in [2.45, 2.75) is 25.3 Å². The average molecular weight is 743 g/mol. The molecule has 2 aliphatic heterocycles. The number of anilines is 2. The number of rotatable bonds is 8. The van der Waals surface area contributed by atoms with E-state index in [1.807, 2.05) is 29.2 Å². The van der Waals surface area contributed by atoms with Crippen LogP contribution < -0.4 is 19.3 Å². The van der Waals surface area contributed by atoms with Crippen LogP contribution in [-0.2, 0) is 14.3 Å². The number of halogens is 3. The van der Waals surface area contributed by atoms with Crippen LogP contribution in [0.15, 0.2) is 96.8 Å². The van der Waals surface area contributed by atoms with Crippen molar-refractivity contribution in [1.82, 2.24) is 19.9 Å². The topological polar surface area (TPSA) is 120 Å². The van der Waals surface area contributed by atoms with Crippen LogP contribution in [0.25, 0.3) is 22.3 Å². The Balaban J connectivity index is 0.000000224. The summed E-state index contributed by atoms with van der Waals surface area (Å²) in [5.74, 6) is -0.215. The van der Waals surface area contributed by atoms with Gasteiger partial charge in [0.2, 0.25) is 0 Å². The van der Waals surface area contributed by atoms with E-state index >= 15 is 0 Å². The third kappa shape index (κ3) is 10.7. The molecular formula is C34H38BF3N6O5PS. The van der Waals surface area contributed by atoms with Gasteiger partial charge in [0.15, 0.2) is 0 Å². The highest BCUT2D eigenvalue weighted by atomic mass is 32.2. The maximum atomic E-state index is 12.4. The van der Waals surface area contributed by atoms with Crippen LogP contribution in [0.1, 0.15) is 19.8 Å². The molecule has 11 nitrogen and oxygen atoms in total. The fraction of sp³-hybridized carbons (Fsp3) is 0.294. The molecule has 6 rings (SSSR count). The molecule has 0 spiro atoms. The maximum Gasteiger partial charge on any atom is 0.534 e. The van der Waals surface area contributed by atoms with E-state index in [9.17, 15) is 21.6 Å². The number of benzene rings is 2. The van der Waals surface area contributed by atoms with Gasteiger partial charge in [0.25, 0.3) is 0 Å². The Bertz CT molecular complexity index is 1940. The first-order chi connectivity index (χ1) is 24.9. The summed E-state index contributed by atoms with van der Waals surface area (Å²) >= 11 is 0. The summed E-state index contributed by atoms with van der Waals surface area (Å²) in [7, 11) is 0.689. The zero-order chi connectivity index (χ0) is 37.7. The average Bonchev–Trinajstić information content (AvgIpc) is 3.15. The Morgan fingerprint density at radius 2 is 1.24 bits per heavy atom. The van der Waals surface area contributed by atoms with Crippen LogP contribution in [0.5, 0.6) is 12.0 Å². The molecule has 0 amide bonds. The molecule has 1 unspecified atom stereocenters. The maximum absolute atomic E-state index is 12.4. The normalized spacial score (nSPS) is 14.7. The molecule has 2 aromatic carbocycles. The van der Waals surface area contributed by atoms with Crippen LogP contribution in [0, 0.1) is 0 Å². The molecule has 0 saturated heterocycles. The smallest absolute Gasteiger partial charge is 0.467 e. The predicted molar refractivity (Wildman–Crippen MR) is 196 cm³/mol. The first-order valence-electron chi connectivity index (χ1n) is 16.1. The molecule has 0 N–H and O–H groups in total. The lowest BCUT2D eigenvalue weighted by molar-refractivity contribution is -0.0523. The molecule has 51 heavy (non-hydrogen) atoms. The number of methoxy groups -OCH3 is 2. The van der Waals surface area contributed by atoms with Crippen molar-refractivity contribution in [2.75, 3.05) is 50.2 Å². The summed E-state index contributed by atoms with van der Waals surface area (Å²) in [5, 5.41) is 0. The molecule has 0 fully saturated rings. The Morgan fingerprint density at radius 1 is 0.784 bits per heavy atom. The molecule has 0 aliphatic carbocycles. The molecule has 17 heteroatoms. The van der Waals surface area contributed by atoms with Gasteiger partial charge < -0.3 is 23.5 Å². The highest BCUT2D eigenvalue weighted by Gasteiger charge is 2.49. The van der Waals surface area contributed by atoms with Crippen molar-refractivity contribution in [3.05, 3.63) is 96.8 Å². The zero-order valence-corrected chi connectivity index (χ0v) is 30.2. The molecule has 0 bridgehead atoms. The van der Waals surface area contributed by atoms with E-state index < -0.39 is 15.6 Å². The minimum atomic E-state index is -5.64. The Morgan fingerprint density at radius 3 is 1.61 bits per heavy atom. The molecule has 1 radical (unpaired) electrons. The van der Waals surface area contributed by atoms with Gasteiger partial charge in [-0.05, 0) is 56.1 Å². The first-order valence-corrected chi connectivity index (χ1v) is 17.6. The van der Waals surface area contributed by atoms with Crippen molar-refractivity contribution in [3.63, 3.8) is 0 Å². The number of ether oxygens (including phenoxy) is 2. The number of nitrogens with zero attached hydrogens (tertiary/aromatic N) is 6. The van der Waals surface area contributed by atoms with E-state index in [0.717, 1.165) is 47.5 Å². The van der Waals surface area contributed by atoms with E-state index in [1.54, 1.807) is 31.9 Å². The monoisotopic (exact) mass is 742 g/mol. The molecular weight excluding hydrogens is 703 g/mol. The Labute approximate surface area is 300 Å². The van der Waals surface area contributed by atoms with Gasteiger partial charge in [0, 0.05) is 79.9 Å². The second kappa shape index (κ2) is 18.0. The third-order valence-electron chi connectivity index (χ3n) is 7.81. The Kier molecular flexibility index (Phi) is 13.3. The second-order valence-corrected chi connectivity index (χ2v) is 12.7. The SMILES string of the molecule is COc1ncc(-c2cccc(N3CC=C(C)CC3)c2)cn1.COc1ncc(-c2cccc(N3CC=C(OS(=O)(=O)C(F)(F)F)CC3)c2)cn1.[2H][B]P. The number of hydrogen-bond donors (Lipinski definition) is 0. The lowest BCUT2D eigenvalue weighted by Gasteiger charge is -2.28. The molecule has 2 aliphatic rings. The molecule has 2 aromatic heterocycles. The van der Waals surface area contributed by atoms with E-state index in [0.29, 0.717) is 12.6 Å². The lowest BCUT2D eigenvalue weighted by Crippen LogP contribution is -2.31. The zero-order valence-electron chi connectivity index (χ0n) is 29.2. The highest BCUT2D eigenvalue weighted by Crippen LogP contribution is 2.31. The fourth-order valence-corrected chi connectivity index (χ4v) is 5.59. The largest absolute Gasteiger partial charge is 0.534 e. The van der Waals surface area contributed by atoms with E-state index in [2.05, 4.69) is 75.4 Å². The van der Waals surface area contributed by atoms with Crippen LogP contribution in [0.4, 0.5) is 24.5 Å². The van der Waals surface area contributed by atoms with Crippen LogP contribution in [-0.4, -0.2) is 83.1 Å². The van der Waals surface area contributed by atoms with Crippen molar-refractivity contribution >= 4 is 38.1 Å². The van der Waals surface area contributed by atoms with E-state index in [-0.39, 0.29) is 24.7 Å². The number of aromatic nitrogens is 4. The fourth-order valence-electron chi connectivity index (χ4n) is 5.06. The van der Waals surface area contributed by atoms with Crippen molar-refractivity contribution in [1.29, 1.82) is 1.34 Å². The number of alkyl halides is 3. The summed E-state index contributed by atoms with van der Waals surface area (Å²) in [6.45, 7) is 4.77. The molecule has 269 valence electrons. The highest BCUT2D eigenvalue weighted by molar-refractivity contribution is 7.87. The van der Waals surface area contributed by atoms with Crippen LogP contribution in [0.2, 0.25) is 0 Å². The van der Waals surface area contributed by atoms with Gasteiger partial charge in [-0.3, -0.25) is 0 Å². The van der Waals surface area contributed by atoms with E-state index in [1.165, 1.54) is 32.0 Å². The molecule has 1 atom stereocenters. The van der Waals surface area contributed by atoms with Crippen LogP contribution in [0.3, 0.4) is 0 Å². The molecule has 4 heterocycles. The summed E-state index contributed by atoms with van der Waals surface area (Å²) in [5.41, 5.74) is 1.85. The van der Waals surface area contributed by atoms with E-state index in [4.69, 9.17) is 10.8 Å². The van der Waals surface area contributed by atoms with Gasteiger partial charge in [-0.1, -0.05) is 35.9 Å². The summed E-state index contributed by atoms with van der Waals surface area (Å²) in [6.07, 6.45) is 11.6.